The standard InChI is InChI=1S/C18H20ClNO3S/c1-5-23-18(22)15-10(2)16(20-11(15)3)17(21)12(4)24-14-8-6-13(19)7-9-14/h6-9,12,20H,5H2,1-4H3/t12-/m1/s1. The molecular weight excluding hydrogens is 346 g/mol. The highest BCUT2D eigenvalue weighted by Crippen LogP contribution is 2.28. The van der Waals surface area contributed by atoms with Gasteiger partial charge in [0.2, 0.25) is 0 Å². The fourth-order valence-corrected chi connectivity index (χ4v) is 3.53. The van der Waals surface area contributed by atoms with Crippen molar-refractivity contribution in [1.29, 1.82) is 0 Å². The highest BCUT2D eigenvalue weighted by atomic mass is 35.5. The molecule has 24 heavy (non-hydrogen) atoms. The van der Waals surface area contributed by atoms with E-state index in [2.05, 4.69) is 4.98 Å². The molecule has 0 saturated carbocycles. The van der Waals surface area contributed by atoms with Crippen LogP contribution in [0.2, 0.25) is 5.02 Å². The largest absolute Gasteiger partial charge is 0.462 e. The minimum Gasteiger partial charge on any atom is -0.462 e. The molecule has 1 aromatic heterocycles. The molecule has 0 aliphatic rings. The van der Waals surface area contributed by atoms with Crippen molar-refractivity contribution in [3.8, 4) is 0 Å². The maximum absolute atomic E-state index is 12.8. The molecule has 4 nitrogen and oxygen atoms in total. The number of ketones is 1. The van der Waals surface area contributed by atoms with E-state index in [1.807, 2.05) is 19.1 Å². The molecule has 1 N–H and O–H groups in total. The lowest BCUT2D eigenvalue weighted by molar-refractivity contribution is 0.0525. The zero-order valence-corrected chi connectivity index (χ0v) is 15.7. The number of aromatic nitrogens is 1. The van der Waals surface area contributed by atoms with Gasteiger partial charge in [-0.2, -0.15) is 0 Å². The molecule has 0 saturated heterocycles. The normalized spacial score (nSPS) is 12.0. The Hall–Kier alpha value is -1.72. The monoisotopic (exact) mass is 365 g/mol. The first-order valence-corrected chi connectivity index (χ1v) is 8.93. The zero-order chi connectivity index (χ0) is 17.9. The van der Waals surface area contributed by atoms with Crippen LogP contribution in [0.1, 0.15) is 46.0 Å². The van der Waals surface area contributed by atoms with E-state index >= 15 is 0 Å². The number of aryl methyl sites for hydroxylation is 1. The number of esters is 1. The molecule has 0 unspecified atom stereocenters. The lowest BCUT2D eigenvalue weighted by atomic mass is 10.1. The zero-order valence-electron chi connectivity index (χ0n) is 14.1. The van der Waals surface area contributed by atoms with Crippen LogP contribution in [0.3, 0.4) is 0 Å². The van der Waals surface area contributed by atoms with Gasteiger partial charge in [0, 0.05) is 15.6 Å². The second-order valence-corrected chi connectivity index (χ2v) is 7.27. The molecule has 2 aromatic rings. The van der Waals surface area contributed by atoms with Gasteiger partial charge in [0.05, 0.1) is 23.1 Å². The van der Waals surface area contributed by atoms with E-state index < -0.39 is 5.97 Å². The van der Waals surface area contributed by atoms with Crippen LogP contribution in [0.4, 0.5) is 0 Å². The molecule has 128 valence electrons. The summed E-state index contributed by atoms with van der Waals surface area (Å²) in [5.74, 6) is -0.452. The Morgan fingerprint density at radius 3 is 2.46 bits per heavy atom. The number of Topliss-reactive ketones (excluding diaryl/α,β-unsaturated/α-hetero) is 1. The van der Waals surface area contributed by atoms with Crippen LogP contribution < -0.4 is 0 Å². The first kappa shape index (κ1) is 18.6. The van der Waals surface area contributed by atoms with Gasteiger partial charge in [-0.05, 0) is 57.5 Å². The number of nitrogens with one attached hydrogen (secondary N) is 1. The van der Waals surface area contributed by atoms with Crippen LogP contribution in [0, 0.1) is 13.8 Å². The van der Waals surface area contributed by atoms with Crippen LogP contribution >= 0.6 is 23.4 Å². The van der Waals surface area contributed by atoms with Gasteiger partial charge in [-0.1, -0.05) is 11.6 Å². The van der Waals surface area contributed by atoms with E-state index in [1.54, 1.807) is 32.9 Å². The molecule has 1 aromatic carbocycles. The molecule has 0 aliphatic carbocycles. The van der Waals surface area contributed by atoms with E-state index in [1.165, 1.54) is 11.8 Å². The molecule has 0 aliphatic heterocycles. The summed E-state index contributed by atoms with van der Waals surface area (Å²) in [5.41, 5.74) is 2.20. The quantitative estimate of drug-likeness (QED) is 0.452. The van der Waals surface area contributed by atoms with Crippen LogP contribution in [0.25, 0.3) is 0 Å². The van der Waals surface area contributed by atoms with Crippen molar-refractivity contribution in [2.75, 3.05) is 6.61 Å². The van der Waals surface area contributed by atoms with Crippen molar-refractivity contribution in [2.24, 2.45) is 0 Å². The first-order chi connectivity index (χ1) is 11.3. The third-order valence-electron chi connectivity index (χ3n) is 3.66. The number of rotatable bonds is 6. The SMILES string of the molecule is CCOC(=O)c1c(C)[nH]c(C(=O)[C@@H](C)Sc2ccc(Cl)cc2)c1C. The minimum atomic E-state index is -0.402. The number of ether oxygens (including phenoxy) is 1. The maximum Gasteiger partial charge on any atom is 0.340 e. The number of carbonyl (C=O) groups is 2. The fourth-order valence-electron chi connectivity index (χ4n) is 2.48. The number of thioether (sulfide) groups is 1. The smallest absolute Gasteiger partial charge is 0.340 e. The summed E-state index contributed by atoms with van der Waals surface area (Å²) in [6.07, 6.45) is 0. The number of hydrogen-bond acceptors (Lipinski definition) is 4. The molecule has 6 heteroatoms. The van der Waals surface area contributed by atoms with Gasteiger partial charge in [0.25, 0.3) is 0 Å². The Balaban J connectivity index is 2.21. The second-order valence-electron chi connectivity index (χ2n) is 5.42. The van der Waals surface area contributed by atoms with Crippen LogP contribution in [0.5, 0.6) is 0 Å². The molecule has 0 radical (unpaired) electrons. The molecule has 2 rings (SSSR count). The summed E-state index contributed by atoms with van der Waals surface area (Å²) in [6, 6.07) is 7.36. The number of halogens is 1. The van der Waals surface area contributed by atoms with Gasteiger partial charge in [0.1, 0.15) is 0 Å². The van der Waals surface area contributed by atoms with Crippen molar-refractivity contribution in [2.45, 2.75) is 37.8 Å². The Labute approximate surface area is 150 Å². The van der Waals surface area contributed by atoms with Gasteiger partial charge in [-0.25, -0.2) is 4.79 Å². The van der Waals surface area contributed by atoms with E-state index in [0.29, 0.717) is 34.1 Å². The van der Waals surface area contributed by atoms with Crippen LogP contribution in [-0.2, 0) is 4.74 Å². The number of hydrogen-bond donors (Lipinski definition) is 1. The van der Waals surface area contributed by atoms with Crippen molar-refractivity contribution >= 4 is 35.1 Å². The van der Waals surface area contributed by atoms with E-state index in [9.17, 15) is 9.59 Å². The Morgan fingerprint density at radius 1 is 1.25 bits per heavy atom. The minimum absolute atomic E-state index is 0.0499. The number of carbonyl (C=O) groups excluding carboxylic acids is 2. The molecule has 0 bridgehead atoms. The second kappa shape index (κ2) is 7.90. The van der Waals surface area contributed by atoms with Crippen molar-refractivity contribution in [1.82, 2.24) is 4.98 Å². The average molecular weight is 366 g/mol. The third-order valence-corrected chi connectivity index (χ3v) is 5.02. The number of aromatic amines is 1. The first-order valence-electron chi connectivity index (χ1n) is 7.67. The van der Waals surface area contributed by atoms with Crippen LogP contribution in [-0.4, -0.2) is 28.6 Å². The fraction of sp³-hybridized carbons (Fsp3) is 0.333. The summed E-state index contributed by atoms with van der Waals surface area (Å²) in [4.78, 5) is 28.8. The van der Waals surface area contributed by atoms with E-state index in [-0.39, 0.29) is 11.0 Å². The topological polar surface area (TPSA) is 59.2 Å². The summed E-state index contributed by atoms with van der Waals surface area (Å²) in [6.45, 7) is 7.44. The van der Waals surface area contributed by atoms with Crippen molar-refractivity contribution in [3.63, 3.8) is 0 Å². The highest BCUT2D eigenvalue weighted by Gasteiger charge is 2.26. The molecular formula is C18H20ClNO3S. The van der Waals surface area contributed by atoms with Gasteiger partial charge in [-0.15, -0.1) is 11.8 Å². The average Bonchev–Trinajstić information content (AvgIpc) is 2.83. The lowest BCUT2D eigenvalue weighted by Gasteiger charge is -2.10. The Morgan fingerprint density at radius 2 is 1.88 bits per heavy atom. The Bertz CT molecular complexity index is 752. The van der Waals surface area contributed by atoms with Crippen molar-refractivity contribution < 1.29 is 14.3 Å². The maximum atomic E-state index is 12.8. The summed E-state index contributed by atoms with van der Waals surface area (Å²) >= 11 is 7.33. The lowest BCUT2D eigenvalue weighted by Crippen LogP contribution is -2.15. The van der Waals surface area contributed by atoms with Crippen LogP contribution in [0.15, 0.2) is 29.2 Å². The molecule has 1 heterocycles. The Kier molecular flexibility index (Phi) is 6.13. The van der Waals surface area contributed by atoms with Crippen molar-refractivity contribution in [3.05, 3.63) is 51.8 Å². The molecule has 0 fully saturated rings. The molecule has 0 amide bonds. The van der Waals surface area contributed by atoms with Gasteiger partial charge in [-0.3, -0.25) is 4.79 Å². The molecule has 0 spiro atoms. The predicted molar refractivity (Wildman–Crippen MR) is 97.3 cm³/mol. The van der Waals surface area contributed by atoms with Gasteiger partial charge < -0.3 is 9.72 Å². The third kappa shape index (κ3) is 4.02. The summed E-state index contributed by atoms with van der Waals surface area (Å²) in [7, 11) is 0. The predicted octanol–water partition coefficient (Wildman–Crippen LogP) is 4.83. The summed E-state index contributed by atoms with van der Waals surface area (Å²) in [5, 5.41) is 0.367. The summed E-state index contributed by atoms with van der Waals surface area (Å²) < 4.78 is 5.06. The van der Waals surface area contributed by atoms with Gasteiger partial charge in [0.15, 0.2) is 5.78 Å². The number of benzene rings is 1. The van der Waals surface area contributed by atoms with E-state index in [0.717, 1.165) is 4.90 Å². The molecule has 1 atom stereocenters. The number of H-pyrrole nitrogens is 1. The van der Waals surface area contributed by atoms with Gasteiger partial charge >= 0.3 is 5.97 Å². The highest BCUT2D eigenvalue weighted by molar-refractivity contribution is 8.00. The van der Waals surface area contributed by atoms with E-state index in [4.69, 9.17) is 16.3 Å².